The van der Waals surface area contributed by atoms with Crippen LogP contribution in [-0.4, -0.2) is 21.5 Å². The zero-order chi connectivity index (χ0) is 16.2. The number of aromatic hydroxyl groups is 1. The topological polar surface area (TPSA) is 77.5 Å². The van der Waals surface area contributed by atoms with Crippen molar-refractivity contribution in [2.75, 3.05) is 6.61 Å². The van der Waals surface area contributed by atoms with E-state index in [9.17, 15) is 9.90 Å². The Morgan fingerprint density at radius 3 is 2.65 bits per heavy atom. The van der Waals surface area contributed by atoms with E-state index < -0.39 is 5.76 Å². The Morgan fingerprint density at radius 2 is 1.91 bits per heavy atom. The fourth-order valence-corrected chi connectivity index (χ4v) is 2.26. The van der Waals surface area contributed by atoms with E-state index in [1.54, 1.807) is 18.2 Å². The van der Waals surface area contributed by atoms with Crippen LogP contribution in [0.4, 0.5) is 0 Å². The maximum Gasteiger partial charge on any atom is 0.444 e. The molecular formula is C16H13ClN2O4. The normalized spacial score (nSPS) is 10.7. The summed E-state index contributed by atoms with van der Waals surface area (Å²) in [7, 11) is 0. The summed E-state index contributed by atoms with van der Waals surface area (Å²) in [5, 5.41) is 13.9. The Morgan fingerprint density at radius 1 is 1.17 bits per heavy atom. The molecule has 1 aromatic heterocycles. The van der Waals surface area contributed by atoms with E-state index in [1.807, 2.05) is 18.2 Å². The molecule has 2 aromatic carbocycles. The highest BCUT2D eigenvalue weighted by atomic mass is 35.5. The molecule has 7 heteroatoms. The second-order valence-corrected chi connectivity index (χ2v) is 5.16. The number of ether oxygens (including phenoxy) is 1. The summed E-state index contributed by atoms with van der Waals surface area (Å²) in [5.74, 6) is -0.565. The minimum Gasteiger partial charge on any atom is -0.508 e. The van der Waals surface area contributed by atoms with Crippen molar-refractivity contribution in [1.82, 2.24) is 9.78 Å². The molecule has 0 spiro atoms. The largest absolute Gasteiger partial charge is 0.508 e. The van der Waals surface area contributed by atoms with Crippen molar-refractivity contribution in [2.45, 2.75) is 6.42 Å². The molecule has 118 valence electrons. The first kappa shape index (κ1) is 15.2. The number of benzene rings is 2. The molecule has 0 bridgehead atoms. The number of nitrogens with zero attached hydrogens (tertiary/aromatic N) is 2. The molecule has 0 aliphatic carbocycles. The van der Waals surface area contributed by atoms with E-state index >= 15 is 0 Å². The lowest BCUT2D eigenvalue weighted by Crippen LogP contribution is -2.13. The van der Waals surface area contributed by atoms with Gasteiger partial charge in [-0.1, -0.05) is 34.9 Å². The third-order valence-corrected chi connectivity index (χ3v) is 3.55. The highest BCUT2D eigenvalue weighted by Crippen LogP contribution is 2.16. The molecule has 6 nitrogen and oxygen atoms in total. The summed E-state index contributed by atoms with van der Waals surface area (Å²) in [6, 6.07) is 13.4. The Labute approximate surface area is 136 Å². The van der Waals surface area contributed by atoms with Crippen molar-refractivity contribution >= 4 is 11.6 Å². The molecule has 23 heavy (non-hydrogen) atoms. The van der Waals surface area contributed by atoms with E-state index in [0.29, 0.717) is 17.1 Å². The smallest absolute Gasteiger partial charge is 0.444 e. The number of hydrogen-bond acceptors (Lipinski definition) is 5. The molecule has 0 saturated carbocycles. The number of hydrogen-bond donors (Lipinski definition) is 1. The van der Waals surface area contributed by atoms with Crippen LogP contribution in [0.2, 0.25) is 5.02 Å². The third kappa shape index (κ3) is 3.54. The highest BCUT2D eigenvalue weighted by molar-refractivity contribution is 6.31. The molecule has 3 rings (SSSR count). The van der Waals surface area contributed by atoms with Gasteiger partial charge in [-0.2, -0.15) is 4.68 Å². The van der Waals surface area contributed by atoms with Crippen molar-refractivity contribution in [1.29, 1.82) is 0 Å². The average molecular weight is 333 g/mol. The fraction of sp³-hybridized carbons (Fsp3) is 0.125. The molecular weight excluding hydrogens is 320 g/mol. The lowest BCUT2D eigenvalue weighted by atomic mass is 10.2. The summed E-state index contributed by atoms with van der Waals surface area (Å²) < 4.78 is 11.4. The number of halogens is 1. The van der Waals surface area contributed by atoms with Gasteiger partial charge in [0.2, 0.25) is 0 Å². The third-order valence-electron chi connectivity index (χ3n) is 3.18. The van der Waals surface area contributed by atoms with Gasteiger partial charge in [0, 0.05) is 11.4 Å². The van der Waals surface area contributed by atoms with Gasteiger partial charge < -0.3 is 14.3 Å². The maximum absolute atomic E-state index is 11.8. The molecule has 0 aliphatic rings. The second-order valence-electron chi connectivity index (χ2n) is 4.75. The average Bonchev–Trinajstić information content (AvgIpc) is 2.91. The zero-order valence-electron chi connectivity index (χ0n) is 12.0. The van der Waals surface area contributed by atoms with Crippen molar-refractivity contribution in [3.05, 3.63) is 69.7 Å². The van der Waals surface area contributed by atoms with Gasteiger partial charge in [-0.3, -0.25) is 0 Å². The summed E-state index contributed by atoms with van der Waals surface area (Å²) >= 11 is 6.06. The monoisotopic (exact) mass is 332 g/mol. The SMILES string of the molecule is O=c1oc(OCCc2ccccc2Cl)nn1-c1ccc(O)cc1. The van der Waals surface area contributed by atoms with Gasteiger partial charge in [-0.25, -0.2) is 4.79 Å². The summed E-state index contributed by atoms with van der Waals surface area (Å²) in [6.07, 6.45) is 0.449. The van der Waals surface area contributed by atoms with Crippen LogP contribution >= 0.6 is 11.6 Å². The molecule has 0 aliphatic heterocycles. The van der Waals surface area contributed by atoms with Crippen LogP contribution in [0.25, 0.3) is 5.69 Å². The predicted molar refractivity (Wildman–Crippen MR) is 84.4 cm³/mol. The molecule has 3 aromatic rings. The minimum absolute atomic E-state index is 0.0986. The van der Waals surface area contributed by atoms with Crippen LogP contribution < -0.4 is 10.5 Å². The molecule has 0 amide bonds. The molecule has 0 fully saturated rings. The fourth-order valence-electron chi connectivity index (χ4n) is 2.03. The van der Waals surface area contributed by atoms with E-state index in [-0.39, 0.29) is 18.4 Å². The first-order valence-electron chi connectivity index (χ1n) is 6.89. The van der Waals surface area contributed by atoms with Crippen LogP contribution in [0, 0.1) is 0 Å². The van der Waals surface area contributed by atoms with Crippen molar-refractivity contribution in [3.8, 4) is 17.5 Å². The van der Waals surface area contributed by atoms with Crippen LogP contribution in [-0.2, 0) is 6.42 Å². The van der Waals surface area contributed by atoms with Crippen molar-refractivity contribution in [3.63, 3.8) is 0 Å². The maximum atomic E-state index is 11.8. The summed E-state index contributed by atoms with van der Waals surface area (Å²) in [5.41, 5.74) is 1.41. The number of rotatable bonds is 5. The Kier molecular flexibility index (Phi) is 4.34. The van der Waals surface area contributed by atoms with Gasteiger partial charge in [-0.15, -0.1) is 0 Å². The highest BCUT2D eigenvalue weighted by Gasteiger charge is 2.11. The minimum atomic E-state index is -0.663. The van der Waals surface area contributed by atoms with Gasteiger partial charge in [0.15, 0.2) is 0 Å². The van der Waals surface area contributed by atoms with E-state index in [2.05, 4.69) is 5.10 Å². The van der Waals surface area contributed by atoms with E-state index in [1.165, 1.54) is 12.1 Å². The summed E-state index contributed by atoms with van der Waals surface area (Å²) in [6.45, 7) is 0.277. The molecule has 0 radical (unpaired) electrons. The second kappa shape index (κ2) is 6.58. The van der Waals surface area contributed by atoms with Crippen LogP contribution in [0.15, 0.2) is 57.7 Å². The van der Waals surface area contributed by atoms with Gasteiger partial charge in [0.1, 0.15) is 5.75 Å². The zero-order valence-corrected chi connectivity index (χ0v) is 12.7. The lowest BCUT2D eigenvalue weighted by Gasteiger charge is -2.03. The van der Waals surface area contributed by atoms with Gasteiger partial charge in [-0.05, 0) is 35.9 Å². The molecule has 1 N–H and O–H groups in total. The lowest BCUT2D eigenvalue weighted by molar-refractivity contribution is 0.228. The molecule has 0 saturated heterocycles. The summed E-state index contributed by atoms with van der Waals surface area (Å²) in [4.78, 5) is 11.8. The molecule has 0 atom stereocenters. The van der Waals surface area contributed by atoms with E-state index in [0.717, 1.165) is 10.2 Å². The van der Waals surface area contributed by atoms with Crippen molar-refractivity contribution < 1.29 is 14.3 Å². The Balaban J connectivity index is 1.68. The van der Waals surface area contributed by atoms with Crippen molar-refractivity contribution in [2.24, 2.45) is 0 Å². The van der Waals surface area contributed by atoms with E-state index in [4.69, 9.17) is 20.8 Å². The molecule has 0 unspecified atom stereocenters. The van der Waals surface area contributed by atoms with Crippen LogP contribution in [0.3, 0.4) is 0 Å². The first-order valence-corrected chi connectivity index (χ1v) is 7.27. The Bertz CT molecular complexity index is 855. The van der Waals surface area contributed by atoms with Gasteiger partial charge in [0.25, 0.3) is 0 Å². The number of aromatic nitrogens is 2. The molecule has 1 heterocycles. The number of phenols is 1. The van der Waals surface area contributed by atoms with Crippen LogP contribution in [0.5, 0.6) is 11.8 Å². The first-order chi connectivity index (χ1) is 11.1. The van der Waals surface area contributed by atoms with Gasteiger partial charge in [0.05, 0.1) is 12.3 Å². The quantitative estimate of drug-likeness (QED) is 0.777. The van der Waals surface area contributed by atoms with Crippen LogP contribution in [0.1, 0.15) is 5.56 Å². The standard InChI is InChI=1S/C16H13ClN2O4/c17-14-4-2-1-3-11(14)9-10-22-15-18-19(16(21)23-15)12-5-7-13(20)8-6-12/h1-8,20H,9-10H2. The number of phenolic OH excluding ortho intramolecular Hbond substituents is 1. The predicted octanol–water partition coefficient (Wildman–Crippen LogP) is 2.81. The Hall–Kier alpha value is -2.73. The van der Waals surface area contributed by atoms with Gasteiger partial charge >= 0.3 is 11.8 Å².